The summed E-state index contributed by atoms with van der Waals surface area (Å²) in [6, 6.07) is 0. The smallest absolute Gasteiger partial charge is 0.280 e. The van der Waals surface area contributed by atoms with Crippen molar-refractivity contribution in [2.45, 2.75) is 24.5 Å². The first-order valence-corrected chi connectivity index (χ1v) is 6.34. The summed E-state index contributed by atoms with van der Waals surface area (Å²) in [7, 11) is 1.59. The number of nitrogens with one attached hydrogen (secondary N) is 2. The summed E-state index contributed by atoms with van der Waals surface area (Å²) < 4.78 is 6.76. The van der Waals surface area contributed by atoms with Crippen LogP contribution < -0.4 is 10.9 Å². The molecule has 10 nitrogen and oxygen atoms in total. The van der Waals surface area contributed by atoms with Crippen molar-refractivity contribution in [1.82, 2.24) is 19.5 Å². The number of hydrogen-bond acceptors (Lipinski definition) is 8. The lowest BCUT2D eigenvalue weighted by molar-refractivity contribution is -0.0511. The van der Waals surface area contributed by atoms with Crippen LogP contribution in [0.1, 0.15) is 6.23 Å². The molecule has 0 aromatic carbocycles. The Balaban J connectivity index is 2.09. The summed E-state index contributed by atoms with van der Waals surface area (Å²) >= 11 is 0. The van der Waals surface area contributed by atoms with E-state index in [0.717, 1.165) is 0 Å². The van der Waals surface area contributed by atoms with Gasteiger partial charge in [0.2, 0.25) is 5.95 Å². The van der Waals surface area contributed by atoms with Gasteiger partial charge in [0.25, 0.3) is 5.56 Å². The molecule has 21 heavy (non-hydrogen) atoms. The van der Waals surface area contributed by atoms with Crippen LogP contribution in [0.5, 0.6) is 0 Å². The molecule has 0 saturated carbocycles. The molecule has 0 bridgehead atoms. The van der Waals surface area contributed by atoms with E-state index >= 15 is 0 Å². The largest absolute Gasteiger partial charge is 0.394 e. The maximum Gasteiger partial charge on any atom is 0.280 e. The molecule has 2 aromatic rings. The number of H-pyrrole nitrogens is 1. The molecule has 1 aliphatic heterocycles. The van der Waals surface area contributed by atoms with Gasteiger partial charge in [0.05, 0.1) is 12.9 Å². The van der Waals surface area contributed by atoms with Gasteiger partial charge < -0.3 is 25.4 Å². The maximum atomic E-state index is 11.8. The van der Waals surface area contributed by atoms with E-state index in [4.69, 9.17) is 9.84 Å². The Morgan fingerprint density at radius 2 is 2.24 bits per heavy atom. The number of nitrogens with zero attached hydrogens (tertiary/aromatic N) is 3. The van der Waals surface area contributed by atoms with E-state index in [9.17, 15) is 15.0 Å². The van der Waals surface area contributed by atoms with Gasteiger partial charge in [0.15, 0.2) is 17.4 Å². The third-order valence-corrected chi connectivity index (χ3v) is 3.46. The maximum absolute atomic E-state index is 11.8. The van der Waals surface area contributed by atoms with Gasteiger partial charge in [-0.05, 0) is 0 Å². The number of aromatic amines is 1. The number of fused-ring (bicyclic) bond motifs is 1. The number of ether oxygens (including phenoxy) is 1. The van der Waals surface area contributed by atoms with Crippen LogP contribution in [0.2, 0.25) is 0 Å². The van der Waals surface area contributed by atoms with Crippen molar-refractivity contribution in [3.8, 4) is 0 Å². The average molecular weight is 297 g/mol. The fourth-order valence-electron chi connectivity index (χ4n) is 2.34. The first-order valence-electron chi connectivity index (χ1n) is 6.34. The highest BCUT2D eigenvalue weighted by Crippen LogP contribution is 2.30. The topological polar surface area (TPSA) is 146 Å². The molecule has 1 aliphatic rings. The minimum absolute atomic E-state index is 0.0896. The molecule has 0 aliphatic carbocycles. The third-order valence-electron chi connectivity index (χ3n) is 3.46. The van der Waals surface area contributed by atoms with Gasteiger partial charge in [-0.1, -0.05) is 0 Å². The number of rotatable bonds is 3. The molecule has 1 fully saturated rings. The van der Waals surface area contributed by atoms with Crippen molar-refractivity contribution in [3.63, 3.8) is 0 Å². The highest BCUT2D eigenvalue weighted by molar-refractivity contribution is 5.70. The molecule has 1 unspecified atom stereocenters. The van der Waals surface area contributed by atoms with Crippen molar-refractivity contribution >= 4 is 17.1 Å². The predicted molar refractivity (Wildman–Crippen MR) is 70.7 cm³/mol. The van der Waals surface area contributed by atoms with Crippen LogP contribution in [0.3, 0.4) is 0 Å². The molecule has 0 spiro atoms. The average Bonchev–Trinajstić information content (AvgIpc) is 3.02. The fraction of sp³-hybridized carbons (Fsp3) is 0.545. The second-order valence-corrected chi connectivity index (χ2v) is 4.72. The minimum atomic E-state index is -1.27. The van der Waals surface area contributed by atoms with Crippen LogP contribution in [0.4, 0.5) is 5.95 Å². The molecule has 2 aromatic heterocycles. The number of imidazole rings is 1. The molecule has 5 N–H and O–H groups in total. The van der Waals surface area contributed by atoms with E-state index in [1.165, 1.54) is 10.9 Å². The summed E-state index contributed by atoms with van der Waals surface area (Å²) in [6.45, 7) is -0.433. The Morgan fingerprint density at radius 1 is 1.48 bits per heavy atom. The van der Waals surface area contributed by atoms with Gasteiger partial charge in [0.1, 0.15) is 18.3 Å². The van der Waals surface area contributed by atoms with Crippen molar-refractivity contribution in [1.29, 1.82) is 0 Å². The van der Waals surface area contributed by atoms with E-state index in [1.807, 2.05) is 0 Å². The Bertz CT molecular complexity index is 713. The highest BCUT2D eigenvalue weighted by Gasteiger charge is 2.44. The zero-order chi connectivity index (χ0) is 15.1. The molecule has 3 rings (SSSR count). The van der Waals surface area contributed by atoms with E-state index < -0.39 is 36.7 Å². The number of aromatic nitrogens is 4. The van der Waals surface area contributed by atoms with Gasteiger partial charge in [-0.3, -0.25) is 14.3 Å². The molecule has 10 heteroatoms. The van der Waals surface area contributed by atoms with Gasteiger partial charge >= 0.3 is 0 Å². The Kier molecular flexibility index (Phi) is 3.37. The van der Waals surface area contributed by atoms with Crippen LogP contribution >= 0.6 is 0 Å². The van der Waals surface area contributed by atoms with Gasteiger partial charge in [-0.25, -0.2) is 4.98 Å². The first-order chi connectivity index (χ1) is 10.1. The Labute approximate surface area is 118 Å². The first kappa shape index (κ1) is 13.9. The second-order valence-electron chi connectivity index (χ2n) is 4.72. The van der Waals surface area contributed by atoms with E-state index in [1.54, 1.807) is 7.05 Å². The van der Waals surface area contributed by atoms with Crippen molar-refractivity contribution < 1.29 is 20.1 Å². The summed E-state index contributed by atoms with van der Waals surface area (Å²) in [4.78, 5) is 22.5. The number of aliphatic hydroxyl groups is 3. The lowest BCUT2D eigenvalue weighted by Gasteiger charge is -2.16. The van der Waals surface area contributed by atoms with Crippen molar-refractivity contribution in [2.24, 2.45) is 0 Å². The van der Waals surface area contributed by atoms with Crippen molar-refractivity contribution in [3.05, 3.63) is 16.7 Å². The lowest BCUT2D eigenvalue weighted by Crippen LogP contribution is -2.33. The van der Waals surface area contributed by atoms with Crippen LogP contribution in [0.25, 0.3) is 11.2 Å². The monoisotopic (exact) mass is 297 g/mol. The highest BCUT2D eigenvalue weighted by atomic mass is 16.6. The molecule has 4 atom stereocenters. The lowest BCUT2D eigenvalue weighted by atomic mass is 10.1. The summed E-state index contributed by atoms with van der Waals surface area (Å²) in [5.41, 5.74) is -0.139. The minimum Gasteiger partial charge on any atom is -0.394 e. The molecule has 1 saturated heterocycles. The standard InChI is InChI=1S/C11H15N5O5/c1-12-11-14-8-5(9(20)15-11)13-3-16(8)10-7(19)6(18)4(2-17)21-10/h3-4,6-7,10,17-19H,2H2,1H3,(H2,12,14,15,20)/t4-,6-,7-,10?/m1/s1. The number of hydrogen-bond donors (Lipinski definition) is 5. The Hall–Kier alpha value is -2.01. The Morgan fingerprint density at radius 3 is 2.86 bits per heavy atom. The summed E-state index contributed by atoms with van der Waals surface area (Å²) in [6.07, 6.45) is -3.09. The van der Waals surface area contributed by atoms with Gasteiger partial charge in [0, 0.05) is 7.05 Å². The third kappa shape index (κ3) is 2.08. The number of anilines is 1. The SMILES string of the molecule is CNc1nc2c(ncn2C2O[C@H](CO)[C@@H](O)[C@H]2O)c(=O)[nH]1. The zero-order valence-corrected chi connectivity index (χ0v) is 11.1. The molecule has 114 valence electrons. The molecular formula is C11H15N5O5. The zero-order valence-electron chi connectivity index (χ0n) is 11.1. The number of aliphatic hydroxyl groups excluding tert-OH is 3. The van der Waals surface area contributed by atoms with Crippen molar-refractivity contribution in [2.75, 3.05) is 19.0 Å². The summed E-state index contributed by atoms with van der Waals surface area (Å²) in [5, 5.41) is 31.6. The molecule has 0 radical (unpaired) electrons. The summed E-state index contributed by atoms with van der Waals surface area (Å²) in [5.74, 6) is 0.237. The molecular weight excluding hydrogens is 282 g/mol. The van der Waals surface area contributed by atoms with Gasteiger partial charge in [-0.2, -0.15) is 4.98 Å². The van der Waals surface area contributed by atoms with E-state index in [0.29, 0.717) is 0 Å². The van der Waals surface area contributed by atoms with Crippen LogP contribution in [-0.2, 0) is 4.74 Å². The second kappa shape index (κ2) is 5.07. The quantitative estimate of drug-likeness (QED) is 0.428. The molecule has 0 amide bonds. The van der Waals surface area contributed by atoms with Crippen LogP contribution in [0, 0.1) is 0 Å². The van der Waals surface area contributed by atoms with Crippen LogP contribution in [0.15, 0.2) is 11.1 Å². The predicted octanol–water partition coefficient (Wildman–Crippen LogP) is -2.23. The normalized spacial score (nSPS) is 29.1. The van der Waals surface area contributed by atoms with Gasteiger partial charge in [-0.15, -0.1) is 0 Å². The van der Waals surface area contributed by atoms with Crippen LogP contribution in [-0.4, -0.2) is 66.8 Å². The van der Waals surface area contributed by atoms with E-state index in [-0.39, 0.29) is 17.1 Å². The molecule has 3 heterocycles. The fourth-order valence-corrected chi connectivity index (χ4v) is 2.34. The van der Waals surface area contributed by atoms with E-state index in [2.05, 4.69) is 20.3 Å².